The first-order chi connectivity index (χ1) is 10.3. The molecule has 3 rings (SSSR count). The summed E-state index contributed by atoms with van der Waals surface area (Å²) in [6.07, 6.45) is 1.75. The maximum atomic E-state index is 11.3. The van der Waals surface area contributed by atoms with Gasteiger partial charge in [-0.3, -0.25) is 4.79 Å². The van der Waals surface area contributed by atoms with Crippen molar-refractivity contribution in [1.29, 1.82) is 0 Å². The molecule has 104 valence electrons. The Morgan fingerprint density at radius 2 is 1.52 bits per heavy atom. The van der Waals surface area contributed by atoms with E-state index in [1.807, 2.05) is 48.5 Å². The highest BCUT2D eigenvalue weighted by Crippen LogP contribution is 2.35. The van der Waals surface area contributed by atoms with Crippen molar-refractivity contribution in [3.63, 3.8) is 0 Å². The van der Waals surface area contributed by atoms with Crippen LogP contribution in [0.4, 0.5) is 0 Å². The third-order valence-corrected chi connectivity index (χ3v) is 3.83. The zero-order valence-electron chi connectivity index (χ0n) is 11.3. The molecule has 0 aliphatic heterocycles. The van der Waals surface area contributed by atoms with Gasteiger partial charge in [0.25, 0.3) is 0 Å². The summed E-state index contributed by atoms with van der Waals surface area (Å²) in [6, 6.07) is 21.3. The van der Waals surface area contributed by atoms with Crippen LogP contribution in [0.25, 0.3) is 0 Å². The van der Waals surface area contributed by atoms with Crippen LogP contribution in [-0.2, 0) is 0 Å². The van der Waals surface area contributed by atoms with Gasteiger partial charge in [-0.2, -0.15) is 0 Å². The standard InChI is InChI=1S/C18H14ClNO/c19-16-9-5-4-8-15(16)18(13-6-2-1-3-7-13)14-10-11-17(21)20-12-14/h1-12,18H,(H,20,21). The van der Waals surface area contributed by atoms with Crippen molar-refractivity contribution in [2.45, 2.75) is 5.92 Å². The molecule has 0 fully saturated rings. The maximum absolute atomic E-state index is 11.3. The first-order valence-corrected chi connectivity index (χ1v) is 7.11. The largest absolute Gasteiger partial charge is 0.329 e. The summed E-state index contributed by atoms with van der Waals surface area (Å²) >= 11 is 6.38. The second-order valence-corrected chi connectivity index (χ2v) is 5.26. The van der Waals surface area contributed by atoms with Crippen molar-refractivity contribution >= 4 is 11.6 Å². The van der Waals surface area contributed by atoms with Gasteiger partial charge in [0.05, 0.1) is 0 Å². The Morgan fingerprint density at radius 1 is 0.810 bits per heavy atom. The van der Waals surface area contributed by atoms with Crippen molar-refractivity contribution in [3.05, 3.63) is 105 Å². The molecule has 0 radical (unpaired) electrons. The Morgan fingerprint density at radius 3 is 2.19 bits per heavy atom. The number of hydrogen-bond donors (Lipinski definition) is 1. The lowest BCUT2D eigenvalue weighted by Crippen LogP contribution is -2.09. The fourth-order valence-corrected chi connectivity index (χ4v) is 2.75. The third-order valence-electron chi connectivity index (χ3n) is 3.49. The molecule has 1 heterocycles. The molecule has 2 nitrogen and oxygen atoms in total. The lowest BCUT2D eigenvalue weighted by molar-refractivity contribution is 0.958. The summed E-state index contributed by atoms with van der Waals surface area (Å²) in [5.41, 5.74) is 3.06. The van der Waals surface area contributed by atoms with Crippen LogP contribution in [-0.4, -0.2) is 4.98 Å². The zero-order valence-corrected chi connectivity index (χ0v) is 12.0. The van der Waals surface area contributed by atoms with E-state index in [4.69, 9.17) is 11.6 Å². The van der Waals surface area contributed by atoms with E-state index in [1.165, 1.54) is 0 Å². The maximum Gasteiger partial charge on any atom is 0.247 e. The van der Waals surface area contributed by atoms with Crippen molar-refractivity contribution in [2.75, 3.05) is 0 Å². The number of rotatable bonds is 3. The monoisotopic (exact) mass is 295 g/mol. The van der Waals surface area contributed by atoms with Crippen LogP contribution in [0.3, 0.4) is 0 Å². The van der Waals surface area contributed by atoms with Gasteiger partial charge in [0.15, 0.2) is 0 Å². The smallest absolute Gasteiger partial charge is 0.247 e. The van der Waals surface area contributed by atoms with E-state index < -0.39 is 0 Å². The Balaban J connectivity index is 2.18. The molecule has 1 aromatic heterocycles. The normalized spacial score (nSPS) is 12.0. The van der Waals surface area contributed by atoms with E-state index in [0.717, 1.165) is 21.7 Å². The van der Waals surface area contributed by atoms with Crippen LogP contribution in [0.2, 0.25) is 5.02 Å². The minimum absolute atomic E-state index is 0.00301. The van der Waals surface area contributed by atoms with Crippen LogP contribution >= 0.6 is 11.6 Å². The van der Waals surface area contributed by atoms with Crippen molar-refractivity contribution in [2.24, 2.45) is 0 Å². The third kappa shape index (κ3) is 2.91. The van der Waals surface area contributed by atoms with Gasteiger partial charge in [0, 0.05) is 23.2 Å². The molecule has 1 N–H and O–H groups in total. The topological polar surface area (TPSA) is 32.9 Å². The van der Waals surface area contributed by atoms with Crippen LogP contribution < -0.4 is 5.56 Å². The number of nitrogens with one attached hydrogen (secondary N) is 1. The molecule has 1 atom stereocenters. The summed E-state index contributed by atoms with van der Waals surface area (Å²) in [4.78, 5) is 14.0. The lowest BCUT2D eigenvalue weighted by atomic mass is 9.86. The zero-order chi connectivity index (χ0) is 14.7. The molecular weight excluding hydrogens is 282 g/mol. The van der Waals surface area contributed by atoms with Gasteiger partial charge in [-0.15, -0.1) is 0 Å². The van der Waals surface area contributed by atoms with Crippen LogP contribution in [0.5, 0.6) is 0 Å². The first kappa shape index (κ1) is 13.7. The second kappa shape index (κ2) is 5.98. The molecule has 0 amide bonds. The second-order valence-electron chi connectivity index (χ2n) is 4.85. The Hall–Kier alpha value is -2.32. The highest BCUT2D eigenvalue weighted by molar-refractivity contribution is 6.31. The summed E-state index contributed by atoms with van der Waals surface area (Å²) in [6.45, 7) is 0. The number of halogens is 1. The molecule has 0 bridgehead atoms. The van der Waals surface area contributed by atoms with E-state index in [-0.39, 0.29) is 11.5 Å². The molecule has 0 saturated carbocycles. The SMILES string of the molecule is O=c1ccc(C(c2ccccc2)c2ccccc2Cl)c[nH]1. The highest BCUT2D eigenvalue weighted by atomic mass is 35.5. The van der Waals surface area contributed by atoms with Gasteiger partial charge >= 0.3 is 0 Å². The van der Waals surface area contributed by atoms with Gasteiger partial charge in [0.2, 0.25) is 5.56 Å². The molecule has 3 heteroatoms. The van der Waals surface area contributed by atoms with Gasteiger partial charge in [0.1, 0.15) is 0 Å². The molecule has 0 aliphatic rings. The van der Waals surface area contributed by atoms with Crippen molar-refractivity contribution < 1.29 is 0 Å². The van der Waals surface area contributed by atoms with Crippen LogP contribution in [0.15, 0.2) is 77.7 Å². The molecule has 0 saturated heterocycles. The number of aromatic amines is 1. The number of aromatic nitrogens is 1. The number of pyridine rings is 1. The molecule has 0 aliphatic carbocycles. The molecule has 1 unspecified atom stereocenters. The van der Waals surface area contributed by atoms with E-state index in [0.29, 0.717) is 0 Å². The summed E-state index contributed by atoms with van der Waals surface area (Å²) in [7, 11) is 0. The van der Waals surface area contributed by atoms with Gasteiger partial charge in [-0.05, 0) is 22.8 Å². The number of H-pyrrole nitrogens is 1. The lowest BCUT2D eigenvalue weighted by Gasteiger charge is -2.19. The summed E-state index contributed by atoms with van der Waals surface area (Å²) in [5, 5.41) is 0.720. The predicted octanol–water partition coefficient (Wildman–Crippen LogP) is 4.21. The van der Waals surface area contributed by atoms with E-state index in [9.17, 15) is 4.79 Å². The minimum atomic E-state index is -0.107. The van der Waals surface area contributed by atoms with Crippen LogP contribution in [0.1, 0.15) is 22.6 Å². The van der Waals surface area contributed by atoms with Crippen molar-refractivity contribution in [1.82, 2.24) is 4.98 Å². The quantitative estimate of drug-likeness (QED) is 0.771. The van der Waals surface area contributed by atoms with E-state index >= 15 is 0 Å². The van der Waals surface area contributed by atoms with Gasteiger partial charge in [-0.25, -0.2) is 0 Å². The highest BCUT2D eigenvalue weighted by Gasteiger charge is 2.18. The Labute approximate surface area is 128 Å². The average Bonchev–Trinajstić information content (AvgIpc) is 2.52. The van der Waals surface area contributed by atoms with Crippen molar-refractivity contribution in [3.8, 4) is 0 Å². The molecular formula is C18H14ClNO. The molecule has 0 spiro atoms. The summed E-state index contributed by atoms with van der Waals surface area (Å²) < 4.78 is 0. The number of hydrogen-bond acceptors (Lipinski definition) is 1. The predicted molar refractivity (Wildman–Crippen MR) is 85.9 cm³/mol. The fraction of sp³-hybridized carbons (Fsp3) is 0.0556. The van der Waals surface area contributed by atoms with Crippen LogP contribution in [0, 0.1) is 0 Å². The minimum Gasteiger partial charge on any atom is -0.329 e. The molecule has 2 aromatic carbocycles. The van der Waals surface area contributed by atoms with Gasteiger partial charge < -0.3 is 4.98 Å². The van der Waals surface area contributed by atoms with Gasteiger partial charge in [-0.1, -0.05) is 66.2 Å². The Bertz CT molecular complexity index is 775. The molecule has 3 aromatic rings. The average molecular weight is 296 g/mol. The fourth-order valence-electron chi connectivity index (χ4n) is 2.51. The first-order valence-electron chi connectivity index (χ1n) is 6.74. The summed E-state index contributed by atoms with van der Waals surface area (Å²) in [5.74, 6) is -0.00301. The van der Waals surface area contributed by atoms with E-state index in [1.54, 1.807) is 12.3 Å². The molecule has 21 heavy (non-hydrogen) atoms. The van der Waals surface area contributed by atoms with E-state index in [2.05, 4.69) is 17.1 Å². The Kier molecular flexibility index (Phi) is 3.89. The number of benzene rings is 2.